The van der Waals surface area contributed by atoms with Crippen molar-refractivity contribution in [2.45, 2.75) is 13.8 Å². The molecular weight excluding hydrogens is 154 g/mol. The fourth-order valence-electron chi connectivity index (χ4n) is 0.593. The molecule has 11 heavy (non-hydrogen) atoms. The summed E-state index contributed by atoms with van der Waals surface area (Å²) in [5, 5.41) is 0. The largest absolute Gasteiger partial charge is 0.260 e. The number of aliphatic imine (C=N–C) groups is 1. The van der Waals surface area contributed by atoms with Crippen molar-refractivity contribution in [2.24, 2.45) is 4.99 Å². The van der Waals surface area contributed by atoms with Crippen molar-refractivity contribution in [3.63, 3.8) is 0 Å². The summed E-state index contributed by atoms with van der Waals surface area (Å²) in [7, 11) is 0. The van der Waals surface area contributed by atoms with Gasteiger partial charge in [0.2, 0.25) is 0 Å². The van der Waals surface area contributed by atoms with Crippen molar-refractivity contribution >= 4 is 18.8 Å². The summed E-state index contributed by atoms with van der Waals surface area (Å²) in [6.07, 6.45) is 7.14. The zero-order chi connectivity index (χ0) is 8.69. The highest BCUT2D eigenvalue weighted by molar-refractivity contribution is 7.84. The van der Waals surface area contributed by atoms with Gasteiger partial charge in [-0.1, -0.05) is 18.7 Å². The molecule has 0 N–H and O–H groups in total. The van der Waals surface area contributed by atoms with Crippen LogP contribution in [0.1, 0.15) is 13.8 Å². The molecule has 0 aliphatic rings. The molecule has 60 valence electrons. The Hall–Kier alpha value is -0.760. The van der Waals surface area contributed by atoms with Crippen molar-refractivity contribution in [1.29, 1.82) is 0 Å². The van der Waals surface area contributed by atoms with Crippen LogP contribution in [-0.4, -0.2) is 6.21 Å². The molecule has 0 atom stereocenters. The van der Waals surface area contributed by atoms with E-state index in [1.807, 2.05) is 26.0 Å². The molecule has 0 aromatic heterocycles. The SMILES string of the molecule is C=C/C=C(/N=C/C)C(\S)=C/C. The average Bonchev–Trinajstić information content (AvgIpc) is 2.03. The number of hydrogen-bond acceptors (Lipinski definition) is 2. The molecule has 0 amide bonds. The van der Waals surface area contributed by atoms with Crippen LogP contribution in [0.5, 0.6) is 0 Å². The maximum Gasteiger partial charge on any atom is 0.0755 e. The van der Waals surface area contributed by atoms with Gasteiger partial charge in [0.05, 0.1) is 5.70 Å². The van der Waals surface area contributed by atoms with Gasteiger partial charge in [-0.25, -0.2) is 0 Å². The Morgan fingerprint density at radius 3 is 2.45 bits per heavy atom. The summed E-state index contributed by atoms with van der Waals surface area (Å²) in [6, 6.07) is 0. The maximum absolute atomic E-state index is 4.22. The normalized spacial score (nSPS) is 14.1. The zero-order valence-electron chi connectivity index (χ0n) is 6.91. The van der Waals surface area contributed by atoms with Gasteiger partial charge in [0, 0.05) is 11.1 Å². The van der Waals surface area contributed by atoms with E-state index < -0.39 is 0 Å². The van der Waals surface area contributed by atoms with E-state index in [4.69, 9.17) is 0 Å². The van der Waals surface area contributed by atoms with Gasteiger partial charge in [-0.3, -0.25) is 4.99 Å². The Bertz CT molecular complexity index is 212. The zero-order valence-corrected chi connectivity index (χ0v) is 7.81. The number of thiol groups is 1. The Morgan fingerprint density at radius 2 is 2.09 bits per heavy atom. The van der Waals surface area contributed by atoms with E-state index in [0.29, 0.717) is 0 Å². The predicted octanol–water partition coefficient (Wildman–Crippen LogP) is 2.98. The molecule has 1 nitrogen and oxygen atoms in total. The first-order valence-corrected chi connectivity index (χ1v) is 3.88. The third kappa shape index (κ3) is 3.83. The number of nitrogens with zero attached hydrogens (tertiary/aromatic N) is 1. The second-order valence-electron chi connectivity index (χ2n) is 1.85. The van der Waals surface area contributed by atoms with Gasteiger partial charge < -0.3 is 0 Å². The highest BCUT2D eigenvalue weighted by Gasteiger charge is 1.92. The summed E-state index contributed by atoms with van der Waals surface area (Å²) in [4.78, 5) is 4.97. The molecule has 0 aliphatic heterocycles. The number of hydrogen-bond donors (Lipinski definition) is 1. The van der Waals surface area contributed by atoms with Crippen LogP contribution >= 0.6 is 12.6 Å². The Labute approximate surface area is 73.6 Å². The van der Waals surface area contributed by atoms with E-state index in [9.17, 15) is 0 Å². The van der Waals surface area contributed by atoms with Gasteiger partial charge in [-0.05, 0) is 19.9 Å². The lowest BCUT2D eigenvalue weighted by molar-refractivity contribution is 1.39. The standard InChI is InChI=1S/C9H13NS/c1-4-7-8(10-6-3)9(11)5-2/h4-7,11H,1H2,2-3H3/b8-7+,9-5+,10-6+. The van der Waals surface area contributed by atoms with Gasteiger partial charge in [-0.15, -0.1) is 12.6 Å². The van der Waals surface area contributed by atoms with Crippen LogP contribution in [0, 0.1) is 0 Å². The van der Waals surface area contributed by atoms with Gasteiger partial charge in [0.15, 0.2) is 0 Å². The Morgan fingerprint density at radius 1 is 1.45 bits per heavy atom. The van der Waals surface area contributed by atoms with Gasteiger partial charge in [-0.2, -0.15) is 0 Å². The summed E-state index contributed by atoms with van der Waals surface area (Å²) in [5.41, 5.74) is 0.841. The third-order valence-electron chi connectivity index (χ3n) is 1.08. The third-order valence-corrected chi connectivity index (χ3v) is 1.57. The van der Waals surface area contributed by atoms with Crippen LogP contribution < -0.4 is 0 Å². The van der Waals surface area contributed by atoms with E-state index in [1.54, 1.807) is 12.3 Å². The lowest BCUT2D eigenvalue weighted by atomic mass is 10.3. The highest BCUT2D eigenvalue weighted by atomic mass is 32.1. The summed E-state index contributed by atoms with van der Waals surface area (Å²) < 4.78 is 0. The molecule has 0 spiro atoms. The molecule has 0 bridgehead atoms. The molecule has 0 rings (SSSR count). The smallest absolute Gasteiger partial charge is 0.0755 e. The summed E-state index contributed by atoms with van der Waals surface area (Å²) >= 11 is 4.22. The van der Waals surface area contributed by atoms with Crippen molar-refractivity contribution in [3.05, 3.63) is 35.4 Å². The maximum atomic E-state index is 4.22. The van der Waals surface area contributed by atoms with Crippen molar-refractivity contribution in [2.75, 3.05) is 0 Å². The van der Waals surface area contributed by atoms with Crippen LogP contribution in [0.25, 0.3) is 0 Å². The van der Waals surface area contributed by atoms with Crippen molar-refractivity contribution in [1.82, 2.24) is 0 Å². The fourth-order valence-corrected chi connectivity index (χ4v) is 0.725. The molecule has 0 fully saturated rings. The molecule has 0 aliphatic carbocycles. The van der Waals surface area contributed by atoms with Crippen molar-refractivity contribution in [3.8, 4) is 0 Å². The van der Waals surface area contributed by atoms with Crippen LogP contribution in [0.4, 0.5) is 0 Å². The van der Waals surface area contributed by atoms with Crippen molar-refractivity contribution < 1.29 is 0 Å². The van der Waals surface area contributed by atoms with Gasteiger partial charge in [0.25, 0.3) is 0 Å². The minimum Gasteiger partial charge on any atom is -0.260 e. The second-order valence-corrected chi connectivity index (χ2v) is 2.33. The van der Waals surface area contributed by atoms with Crippen LogP contribution in [0.15, 0.2) is 40.4 Å². The molecule has 0 unspecified atom stereocenters. The average molecular weight is 167 g/mol. The first-order valence-electron chi connectivity index (χ1n) is 3.43. The quantitative estimate of drug-likeness (QED) is 0.377. The van der Waals surface area contributed by atoms with Gasteiger partial charge >= 0.3 is 0 Å². The molecule has 0 radical (unpaired) electrons. The van der Waals surface area contributed by atoms with Crippen LogP contribution in [0.3, 0.4) is 0 Å². The monoisotopic (exact) mass is 167 g/mol. The van der Waals surface area contributed by atoms with Gasteiger partial charge in [0.1, 0.15) is 0 Å². The molecule has 0 aromatic rings. The predicted molar refractivity (Wildman–Crippen MR) is 55.2 cm³/mol. The number of rotatable bonds is 3. The first-order chi connectivity index (χ1) is 5.26. The number of allylic oxidation sites excluding steroid dienone is 3. The Kier molecular flexibility index (Phi) is 5.57. The summed E-state index contributed by atoms with van der Waals surface area (Å²) in [6.45, 7) is 7.38. The summed E-state index contributed by atoms with van der Waals surface area (Å²) in [5.74, 6) is 0. The molecular formula is C9H13NS. The minimum absolute atomic E-state index is 0.841. The van der Waals surface area contributed by atoms with E-state index in [-0.39, 0.29) is 0 Å². The Balaban J connectivity index is 4.61. The fraction of sp³-hybridized carbons (Fsp3) is 0.222. The van der Waals surface area contributed by atoms with Crippen LogP contribution in [-0.2, 0) is 0 Å². The molecule has 0 aromatic carbocycles. The molecule has 0 heterocycles. The minimum atomic E-state index is 0.841. The van der Waals surface area contributed by atoms with E-state index in [1.165, 1.54) is 0 Å². The lowest BCUT2D eigenvalue weighted by Gasteiger charge is -1.96. The molecule has 0 saturated heterocycles. The molecule has 2 heteroatoms. The van der Waals surface area contributed by atoms with E-state index >= 15 is 0 Å². The topological polar surface area (TPSA) is 12.4 Å². The lowest BCUT2D eigenvalue weighted by Crippen LogP contribution is -1.77. The van der Waals surface area contributed by atoms with E-state index in [0.717, 1.165) is 10.6 Å². The van der Waals surface area contributed by atoms with Crippen LogP contribution in [0.2, 0.25) is 0 Å². The molecule has 0 saturated carbocycles. The highest BCUT2D eigenvalue weighted by Crippen LogP contribution is 2.14. The van der Waals surface area contributed by atoms with E-state index in [2.05, 4.69) is 24.2 Å². The first kappa shape index (κ1) is 10.2. The second kappa shape index (κ2) is 5.98.